The smallest absolute Gasteiger partial charge is 0.337 e. The molecule has 7 nitrogen and oxygen atoms in total. The van der Waals surface area contributed by atoms with Crippen molar-refractivity contribution in [2.24, 2.45) is 0 Å². The van der Waals surface area contributed by atoms with Crippen molar-refractivity contribution < 1.29 is 14.3 Å². The van der Waals surface area contributed by atoms with E-state index in [4.69, 9.17) is 4.74 Å². The first-order chi connectivity index (χ1) is 17.1. The maximum Gasteiger partial charge on any atom is 0.337 e. The van der Waals surface area contributed by atoms with Gasteiger partial charge in [0.15, 0.2) is 0 Å². The number of anilines is 1. The molecule has 0 aliphatic heterocycles. The van der Waals surface area contributed by atoms with Gasteiger partial charge in [-0.25, -0.2) is 9.48 Å². The zero-order chi connectivity index (χ0) is 24.4. The van der Waals surface area contributed by atoms with Gasteiger partial charge in [-0.05, 0) is 67.4 Å². The fourth-order valence-electron chi connectivity index (χ4n) is 4.88. The molecule has 1 heterocycles. The van der Waals surface area contributed by atoms with Crippen molar-refractivity contribution in [2.45, 2.75) is 38.1 Å². The van der Waals surface area contributed by atoms with Gasteiger partial charge in [-0.1, -0.05) is 37.5 Å². The Labute approximate surface area is 202 Å². The SMILES string of the molecule is COC(=O)c1ccc(NC(=O)c2ccc3c(c2)c(=O)n(-c2ccccc2)n3C2CCCCC2)cc1. The highest BCUT2D eigenvalue weighted by atomic mass is 16.5. The normalized spacial score (nSPS) is 14.1. The van der Waals surface area contributed by atoms with E-state index in [0.29, 0.717) is 22.2 Å². The number of ether oxygens (including phenoxy) is 1. The lowest BCUT2D eigenvalue weighted by Crippen LogP contribution is -2.25. The van der Waals surface area contributed by atoms with Crippen LogP contribution in [0.5, 0.6) is 0 Å². The van der Waals surface area contributed by atoms with Crippen molar-refractivity contribution in [1.29, 1.82) is 0 Å². The van der Waals surface area contributed by atoms with E-state index < -0.39 is 5.97 Å². The molecule has 35 heavy (non-hydrogen) atoms. The summed E-state index contributed by atoms with van der Waals surface area (Å²) >= 11 is 0. The van der Waals surface area contributed by atoms with Gasteiger partial charge in [-0.15, -0.1) is 0 Å². The van der Waals surface area contributed by atoms with E-state index in [-0.39, 0.29) is 17.5 Å². The van der Waals surface area contributed by atoms with Gasteiger partial charge in [0.05, 0.1) is 35.3 Å². The first-order valence-electron chi connectivity index (χ1n) is 11.9. The summed E-state index contributed by atoms with van der Waals surface area (Å²) in [6, 6.07) is 21.7. The molecule has 0 bridgehead atoms. The molecule has 4 aromatic rings. The van der Waals surface area contributed by atoms with Crippen LogP contribution < -0.4 is 10.9 Å². The molecule has 0 spiro atoms. The van der Waals surface area contributed by atoms with Gasteiger partial charge in [0.25, 0.3) is 11.5 Å². The van der Waals surface area contributed by atoms with E-state index >= 15 is 0 Å². The number of nitrogens with one attached hydrogen (secondary N) is 1. The molecule has 0 saturated heterocycles. The molecule has 1 N–H and O–H groups in total. The monoisotopic (exact) mass is 469 g/mol. The second-order valence-electron chi connectivity index (χ2n) is 8.84. The molecule has 1 aliphatic rings. The van der Waals surface area contributed by atoms with Gasteiger partial charge in [0.1, 0.15) is 0 Å². The third kappa shape index (κ3) is 4.37. The average Bonchev–Trinajstić information content (AvgIpc) is 3.21. The maximum atomic E-state index is 13.6. The quantitative estimate of drug-likeness (QED) is 0.400. The zero-order valence-electron chi connectivity index (χ0n) is 19.6. The van der Waals surface area contributed by atoms with Crippen molar-refractivity contribution in [3.8, 4) is 5.69 Å². The van der Waals surface area contributed by atoms with Crippen LogP contribution in [0.2, 0.25) is 0 Å². The molecular weight excluding hydrogens is 442 g/mol. The molecule has 178 valence electrons. The van der Waals surface area contributed by atoms with E-state index in [2.05, 4.69) is 10.00 Å². The fourth-order valence-corrected chi connectivity index (χ4v) is 4.88. The van der Waals surface area contributed by atoms with E-state index in [9.17, 15) is 14.4 Å². The summed E-state index contributed by atoms with van der Waals surface area (Å²) in [5.41, 5.74) is 2.86. The Morgan fingerprint density at radius 3 is 2.26 bits per heavy atom. The summed E-state index contributed by atoms with van der Waals surface area (Å²) in [5, 5.41) is 3.36. The molecule has 1 saturated carbocycles. The van der Waals surface area contributed by atoms with E-state index in [0.717, 1.165) is 36.9 Å². The topological polar surface area (TPSA) is 82.3 Å². The molecule has 0 atom stereocenters. The number of benzene rings is 3. The Morgan fingerprint density at radius 2 is 1.57 bits per heavy atom. The van der Waals surface area contributed by atoms with Crippen LogP contribution >= 0.6 is 0 Å². The number of hydrogen-bond donors (Lipinski definition) is 1. The number of amides is 1. The van der Waals surface area contributed by atoms with Crippen molar-refractivity contribution in [3.63, 3.8) is 0 Å². The van der Waals surface area contributed by atoms with Crippen LogP contribution in [0.25, 0.3) is 16.6 Å². The molecule has 0 radical (unpaired) electrons. The highest BCUT2D eigenvalue weighted by Crippen LogP contribution is 2.32. The van der Waals surface area contributed by atoms with Gasteiger partial charge >= 0.3 is 5.97 Å². The zero-order valence-corrected chi connectivity index (χ0v) is 19.6. The Bertz CT molecular complexity index is 1430. The lowest BCUT2D eigenvalue weighted by Gasteiger charge is -2.26. The molecule has 1 aliphatic carbocycles. The summed E-state index contributed by atoms with van der Waals surface area (Å²) in [6.45, 7) is 0. The summed E-state index contributed by atoms with van der Waals surface area (Å²) in [5.74, 6) is -0.765. The molecule has 0 unspecified atom stereocenters. The minimum absolute atomic E-state index is 0.131. The second kappa shape index (κ2) is 9.62. The predicted molar refractivity (Wildman–Crippen MR) is 135 cm³/mol. The average molecular weight is 470 g/mol. The predicted octanol–water partition coefficient (Wildman–Crippen LogP) is 5.34. The van der Waals surface area contributed by atoms with E-state index in [1.54, 1.807) is 41.1 Å². The summed E-state index contributed by atoms with van der Waals surface area (Å²) in [4.78, 5) is 38.2. The summed E-state index contributed by atoms with van der Waals surface area (Å²) in [7, 11) is 1.32. The molecule has 1 aromatic heterocycles. The van der Waals surface area contributed by atoms with Crippen LogP contribution in [0, 0.1) is 0 Å². The second-order valence-corrected chi connectivity index (χ2v) is 8.84. The van der Waals surface area contributed by atoms with Crippen molar-refractivity contribution in [2.75, 3.05) is 12.4 Å². The standard InChI is InChI=1S/C28H27N3O4/c1-35-28(34)19-12-15-21(16-13-19)29-26(32)20-14-17-25-24(18-20)27(33)31(23-10-6-3-7-11-23)30(25)22-8-4-2-5-9-22/h3,6-7,10-18,22H,2,4-5,8-9H2,1H3,(H,29,32). The van der Waals surface area contributed by atoms with Crippen LogP contribution in [0.1, 0.15) is 58.9 Å². The Balaban J connectivity index is 1.52. The maximum absolute atomic E-state index is 13.6. The Hall–Kier alpha value is -4.13. The first-order valence-corrected chi connectivity index (χ1v) is 11.9. The number of aromatic nitrogens is 2. The number of nitrogens with zero attached hydrogens (tertiary/aromatic N) is 2. The third-order valence-corrected chi connectivity index (χ3v) is 6.63. The van der Waals surface area contributed by atoms with Crippen molar-refractivity contribution in [3.05, 3.63) is 94.3 Å². The largest absolute Gasteiger partial charge is 0.465 e. The van der Waals surface area contributed by atoms with Gasteiger partial charge in [0.2, 0.25) is 0 Å². The van der Waals surface area contributed by atoms with Crippen LogP contribution in [-0.4, -0.2) is 28.3 Å². The Morgan fingerprint density at radius 1 is 0.886 bits per heavy atom. The first kappa shape index (κ1) is 22.7. The highest BCUT2D eigenvalue weighted by molar-refractivity contribution is 6.06. The summed E-state index contributed by atoms with van der Waals surface area (Å²) in [6.07, 6.45) is 5.56. The molecule has 1 amide bonds. The number of hydrogen-bond acceptors (Lipinski definition) is 4. The number of carbonyl (C=O) groups is 2. The summed E-state index contributed by atoms with van der Waals surface area (Å²) < 4.78 is 8.59. The lowest BCUT2D eigenvalue weighted by atomic mass is 9.95. The van der Waals surface area contributed by atoms with Crippen molar-refractivity contribution >= 4 is 28.5 Å². The fraction of sp³-hybridized carbons (Fsp3) is 0.250. The molecule has 3 aromatic carbocycles. The van der Waals surface area contributed by atoms with Crippen LogP contribution in [0.3, 0.4) is 0 Å². The van der Waals surface area contributed by atoms with E-state index in [1.165, 1.54) is 13.5 Å². The number of para-hydroxylation sites is 1. The van der Waals surface area contributed by atoms with Crippen LogP contribution in [0.4, 0.5) is 5.69 Å². The third-order valence-electron chi connectivity index (χ3n) is 6.63. The number of rotatable bonds is 5. The van der Waals surface area contributed by atoms with Crippen LogP contribution in [-0.2, 0) is 4.74 Å². The molecular formula is C28H27N3O4. The van der Waals surface area contributed by atoms with Gasteiger partial charge in [0, 0.05) is 11.3 Å². The van der Waals surface area contributed by atoms with Gasteiger partial charge < -0.3 is 10.1 Å². The van der Waals surface area contributed by atoms with Gasteiger partial charge in [-0.2, -0.15) is 0 Å². The molecule has 7 heteroatoms. The minimum Gasteiger partial charge on any atom is -0.465 e. The van der Waals surface area contributed by atoms with Crippen LogP contribution in [0.15, 0.2) is 77.6 Å². The number of esters is 1. The lowest BCUT2D eigenvalue weighted by molar-refractivity contribution is 0.0600. The number of carbonyl (C=O) groups excluding carboxylic acids is 2. The number of fused-ring (bicyclic) bond motifs is 1. The Kier molecular flexibility index (Phi) is 6.23. The number of methoxy groups -OCH3 is 1. The molecule has 5 rings (SSSR count). The van der Waals surface area contributed by atoms with Gasteiger partial charge in [-0.3, -0.25) is 14.3 Å². The minimum atomic E-state index is -0.439. The molecule has 1 fully saturated rings. The van der Waals surface area contributed by atoms with Crippen molar-refractivity contribution in [1.82, 2.24) is 9.36 Å². The van der Waals surface area contributed by atoms with E-state index in [1.807, 2.05) is 36.4 Å². The highest BCUT2D eigenvalue weighted by Gasteiger charge is 2.24.